The summed E-state index contributed by atoms with van der Waals surface area (Å²) >= 11 is 0. The molecule has 86 heavy (non-hydrogen) atoms. The van der Waals surface area contributed by atoms with Crippen molar-refractivity contribution in [3.05, 3.63) is 0 Å². The molecule has 492 valence electrons. The summed E-state index contributed by atoms with van der Waals surface area (Å²) in [6.45, 7) is 13.1. The third-order valence-corrected chi connectivity index (χ3v) is 34.9. The molecule has 29 atom stereocenters. The standard InChI is InChI=1S/C9H14O2S.2C8H9F3O4S.C8H9NO4S.C8H12O3S.C5H10O2S.C4H8O3S/c1-5-6-2-7-8(5)4-12(10,11)9(7)3-6;1-3-4-2-7(8(9,10)11)6(14-4)5(3)15-16(7,12)13;1-2-4-3(8(9,10)11)7-6(14-4)5(2)15-16(7,12)13;1-3-5-4(2-9)8-7(12-5)6(3)13-14(8,10)11;1-4-5-3-12(9,10)7-2-6(4)11-8(5)7;1-5-2-3-8(6,7)4-5;1-4-2-3-8(5,6)7-4/h5-9H,2-4H2,1H3;3-6H,2H2,1H3;2-7H,1H3;3-8H,1H3;4-8H,2-3H2,1H3;5H,2-4H2,1H3;4H,2-3H2,1H3. The van der Waals surface area contributed by atoms with Crippen molar-refractivity contribution in [1.82, 2.24) is 0 Å². The van der Waals surface area contributed by atoms with E-state index in [1.165, 1.54) is 13.3 Å². The lowest BCUT2D eigenvalue weighted by molar-refractivity contribution is -0.189. The lowest BCUT2D eigenvalue weighted by Crippen LogP contribution is -2.56. The Bertz CT molecular complexity index is 3460. The van der Waals surface area contributed by atoms with Crippen molar-refractivity contribution in [3.8, 4) is 6.07 Å². The fourth-order valence-electron chi connectivity index (χ4n) is 17.1. The van der Waals surface area contributed by atoms with Gasteiger partial charge in [-0.2, -0.15) is 65.3 Å². The number of fused-ring (bicyclic) bond motifs is 5. The van der Waals surface area contributed by atoms with Gasteiger partial charge in [0.2, 0.25) is 4.75 Å². The summed E-state index contributed by atoms with van der Waals surface area (Å²) in [4.78, 5) is 0. The molecule has 17 rings (SSSR count). The lowest BCUT2D eigenvalue weighted by atomic mass is 9.80. The number of hydrogen-bond acceptors (Lipinski definition) is 23. The summed E-state index contributed by atoms with van der Waals surface area (Å²) in [5.74, 6) is 2.20. The molecule has 29 unspecified atom stereocenters. The molecular weight excluding hydrogens is 1300 g/mol. The second-order valence-corrected chi connectivity index (χ2v) is 40.4. The number of halogens is 6. The topological polar surface area (TPSA) is 337 Å². The van der Waals surface area contributed by atoms with Gasteiger partial charge in [-0.1, -0.05) is 41.5 Å². The van der Waals surface area contributed by atoms with Gasteiger partial charge in [0.05, 0.1) is 87.9 Å². The van der Waals surface area contributed by atoms with Crippen LogP contribution < -0.4 is 0 Å². The van der Waals surface area contributed by atoms with Crippen molar-refractivity contribution in [1.29, 1.82) is 5.26 Å². The molecule has 17 fully saturated rings. The predicted molar refractivity (Wildman–Crippen MR) is 286 cm³/mol. The van der Waals surface area contributed by atoms with E-state index in [1.807, 2.05) is 19.9 Å². The summed E-state index contributed by atoms with van der Waals surface area (Å²) in [6.07, 6.45) is -12.2. The van der Waals surface area contributed by atoms with Gasteiger partial charge in [-0.25, -0.2) is 25.3 Å². The smallest absolute Gasteiger partial charge is 0.373 e. The first-order valence-electron chi connectivity index (χ1n) is 28.9. The molecule has 2 saturated carbocycles. The Morgan fingerprint density at radius 1 is 0.500 bits per heavy atom. The Labute approximate surface area is 497 Å². The van der Waals surface area contributed by atoms with Crippen LogP contribution in [-0.4, -0.2) is 199 Å². The van der Waals surface area contributed by atoms with Gasteiger partial charge in [-0.15, -0.1) is 0 Å². The highest BCUT2D eigenvalue weighted by Gasteiger charge is 2.83. The van der Waals surface area contributed by atoms with Crippen LogP contribution in [-0.2, 0) is 106 Å². The SMILES string of the molecule is CC1C2CC3(C(F)(F)F)C(O2)C1OS3(=O)=O.CC1C2CC3C(O2)C1CS3(=O)=O.CC1C2CC3C1CS(=O)(=O)C3C2.CC1C2OC3C1OS(=O)(=O)C3C2C#N.CC1C2OS(=O)(=O)C3C2OC1C3C(F)(F)F.CC1CCS(=O)(=O)C1.CC1CCS(=O)(=O)O1. The van der Waals surface area contributed by atoms with Crippen LogP contribution >= 0.6 is 0 Å². The van der Waals surface area contributed by atoms with Crippen LogP contribution in [0.2, 0.25) is 0 Å². The fourth-order valence-corrected chi connectivity index (χ4v) is 31.2. The molecule has 2 aliphatic carbocycles. The number of rotatable bonds is 0. The van der Waals surface area contributed by atoms with Crippen LogP contribution in [0.4, 0.5) is 26.3 Å². The molecule has 0 spiro atoms. The van der Waals surface area contributed by atoms with Crippen molar-refractivity contribution in [3.63, 3.8) is 0 Å². The number of nitriles is 1. The van der Waals surface area contributed by atoms with E-state index < -0.39 is 164 Å². The van der Waals surface area contributed by atoms with Crippen molar-refractivity contribution < 1.29 is 121 Å². The van der Waals surface area contributed by atoms with Crippen LogP contribution in [0.5, 0.6) is 0 Å². The highest BCUT2D eigenvalue weighted by atomic mass is 32.2. The molecule has 10 bridgehead atoms. The van der Waals surface area contributed by atoms with E-state index in [0.717, 1.165) is 25.2 Å². The molecule has 15 saturated heterocycles. The Morgan fingerprint density at radius 2 is 1.08 bits per heavy atom. The van der Waals surface area contributed by atoms with E-state index in [0.29, 0.717) is 64.9 Å². The van der Waals surface area contributed by atoms with E-state index in [1.54, 1.807) is 13.8 Å². The lowest BCUT2D eigenvalue weighted by Gasteiger charge is -2.29. The Hall–Kier alpha value is -1.60. The number of sulfone groups is 3. The van der Waals surface area contributed by atoms with Crippen LogP contribution in [0.25, 0.3) is 0 Å². The third kappa shape index (κ3) is 10.7. The summed E-state index contributed by atoms with van der Waals surface area (Å²) in [5.41, 5.74) is 0. The minimum Gasteiger partial charge on any atom is -0.373 e. The first-order valence-corrected chi connectivity index (χ1v) is 40.0. The summed E-state index contributed by atoms with van der Waals surface area (Å²) in [7, 11) is -23.5. The van der Waals surface area contributed by atoms with Gasteiger partial charge < -0.3 is 18.9 Å². The zero-order valence-electron chi connectivity index (χ0n) is 47.5. The van der Waals surface area contributed by atoms with Crippen LogP contribution in [0.3, 0.4) is 0 Å². The molecule has 0 aromatic rings. The highest BCUT2D eigenvalue weighted by molar-refractivity contribution is 7.93. The minimum atomic E-state index is -4.85. The molecule has 36 heteroatoms. The number of ether oxygens (including phenoxy) is 4. The molecule has 15 heterocycles. The molecule has 0 N–H and O–H groups in total. The second kappa shape index (κ2) is 21.5. The van der Waals surface area contributed by atoms with E-state index in [2.05, 4.69) is 22.2 Å². The monoisotopic (exact) mass is 1380 g/mol. The zero-order chi connectivity index (χ0) is 63.3. The van der Waals surface area contributed by atoms with E-state index in [4.69, 9.17) is 32.6 Å². The van der Waals surface area contributed by atoms with E-state index in [9.17, 15) is 85.3 Å². The first-order chi connectivity index (χ1) is 39.4. The van der Waals surface area contributed by atoms with Crippen molar-refractivity contribution in [2.45, 2.75) is 198 Å². The minimum absolute atomic E-state index is 0.00169. The molecule has 23 nitrogen and oxygen atoms in total. The average molecular weight is 1380 g/mol. The highest BCUT2D eigenvalue weighted by Crippen LogP contribution is 2.63. The number of nitrogens with zero attached hydrogens (tertiary/aromatic N) is 1. The molecule has 0 aromatic heterocycles. The van der Waals surface area contributed by atoms with Gasteiger partial charge >= 0.3 is 12.4 Å². The van der Waals surface area contributed by atoms with Gasteiger partial charge in [0.1, 0.15) is 53.0 Å². The third-order valence-electron chi connectivity index (χ3n) is 21.7. The predicted octanol–water partition coefficient (Wildman–Crippen LogP) is 2.99. The molecular formula is C50H71F6NO22S7. The largest absolute Gasteiger partial charge is 0.413 e. The Balaban J connectivity index is 0.000000106. The Kier molecular flexibility index (Phi) is 16.4. The number of hydrogen-bond donors (Lipinski definition) is 0. The number of alkyl halides is 6. The Morgan fingerprint density at radius 3 is 1.55 bits per heavy atom. The second-order valence-electron chi connectivity index (χ2n) is 26.7. The van der Waals surface area contributed by atoms with E-state index >= 15 is 0 Å². The molecule has 15 aliphatic heterocycles. The van der Waals surface area contributed by atoms with Gasteiger partial charge in [0, 0.05) is 30.1 Å². The van der Waals surface area contributed by atoms with Crippen LogP contribution in [0.1, 0.15) is 87.0 Å². The van der Waals surface area contributed by atoms with Gasteiger partial charge in [-0.05, 0) is 74.5 Å². The van der Waals surface area contributed by atoms with Crippen molar-refractivity contribution >= 4 is 70.0 Å². The summed E-state index contributed by atoms with van der Waals surface area (Å²) < 4.78 is 272. The maximum atomic E-state index is 13.0. The quantitative estimate of drug-likeness (QED) is 0.248. The molecule has 0 radical (unpaired) electrons. The normalized spacial score (nSPS) is 52.5. The van der Waals surface area contributed by atoms with E-state index in [-0.39, 0.29) is 58.6 Å². The maximum absolute atomic E-state index is 13.0. The van der Waals surface area contributed by atoms with Crippen molar-refractivity contribution in [2.24, 2.45) is 71.0 Å². The van der Waals surface area contributed by atoms with Crippen LogP contribution in [0, 0.1) is 82.3 Å². The summed E-state index contributed by atoms with van der Waals surface area (Å²) in [5, 5.41) is 6.51. The zero-order valence-corrected chi connectivity index (χ0v) is 53.2. The van der Waals surface area contributed by atoms with Crippen molar-refractivity contribution in [2.75, 3.05) is 28.8 Å². The van der Waals surface area contributed by atoms with Crippen LogP contribution in [0.15, 0.2) is 0 Å². The molecule has 0 aromatic carbocycles. The maximum Gasteiger partial charge on any atom is 0.413 e. The molecule has 0 amide bonds. The first kappa shape index (κ1) is 65.9. The van der Waals surface area contributed by atoms with Gasteiger partial charge in [0.15, 0.2) is 29.5 Å². The van der Waals surface area contributed by atoms with Gasteiger partial charge in [-0.3, -0.25) is 16.7 Å². The molecule has 17 aliphatic rings. The van der Waals surface area contributed by atoms with Gasteiger partial charge in [0.25, 0.3) is 40.5 Å². The average Bonchev–Trinajstić information content (AvgIpc) is 1.52. The summed E-state index contributed by atoms with van der Waals surface area (Å²) in [6, 6.07) is 2.02. The fraction of sp³-hybridized carbons (Fsp3) is 0.980.